The standard InChI is InChI=1S/C23H37NO4S/c1-4-7-8-10-17(25)12-13-18-19-15-21(24-23(19,5-2)16-20(18)26)29-14-9-11-22(27)28-6-3/h5,12-13,17-20,25-26H,2,4,6-11,14-16H2,1,3H3/t17-,18?,19?,20?,23?/m0/s1. The van der Waals surface area contributed by atoms with Crippen molar-refractivity contribution < 1.29 is 19.7 Å². The van der Waals surface area contributed by atoms with Gasteiger partial charge in [-0.25, -0.2) is 0 Å². The molecular weight excluding hydrogens is 386 g/mol. The van der Waals surface area contributed by atoms with E-state index >= 15 is 0 Å². The van der Waals surface area contributed by atoms with Gasteiger partial charge in [0.05, 0.1) is 29.4 Å². The summed E-state index contributed by atoms with van der Waals surface area (Å²) in [6.07, 6.45) is 11.5. The number of ether oxygens (including phenoxy) is 1. The first-order valence-corrected chi connectivity index (χ1v) is 12.0. The molecule has 0 amide bonds. The van der Waals surface area contributed by atoms with Crippen LogP contribution in [0.5, 0.6) is 0 Å². The van der Waals surface area contributed by atoms with E-state index in [0.717, 1.165) is 49.3 Å². The summed E-state index contributed by atoms with van der Waals surface area (Å²) in [5, 5.41) is 21.9. The Bertz CT molecular complexity index is 606. The number of esters is 1. The lowest BCUT2D eigenvalue weighted by atomic mass is 9.83. The van der Waals surface area contributed by atoms with Gasteiger partial charge in [0.1, 0.15) is 0 Å². The van der Waals surface area contributed by atoms with E-state index < -0.39 is 17.7 Å². The zero-order valence-corrected chi connectivity index (χ0v) is 18.7. The normalized spacial score (nSPS) is 29.7. The number of thioether (sulfide) groups is 1. The van der Waals surface area contributed by atoms with E-state index in [2.05, 4.69) is 13.5 Å². The lowest BCUT2D eigenvalue weighted by Crippen LogP contribution is -2.26. The predicted octanol–water partition coefficient (Wildman–Crippen LogP) is 4.28. The molecule has 1 saturated carbocycles. The van der Waals surface area contributed by atoms with Crippen molar-refractivity contribution in [2.24, 2.45) is 16.8 Å². The lowest BCUT2D eigenvalue weighted by Gasteiger charge is -2.23. The van der Waals surface area contributed by atoms with E-state index in [1.54, 1.807) is 11.8 Å². The van der Waals surface area contributed by atoms with Crippen LogP contribution in [0.25, 0.3) is 0 Å². The molecule has 0 spiro atoms. The molecule has 2 aliphatic rings. The van der Waals surface area contributed by atoms with Crippen molar-refractivity contribution in [1.29, 1.82) is 0 Å². The summed E-state index contributed by atoms with van der Waals surface area (Å²) in [5.41, 5.74) is -0.412. The maximum atomic E-state index is 11.5. The second kappa shape index (κ2) is 11.9. The minimum Gasteiger partial charge on any atom is -0.466 e. The summed E-state index contributed by atoms with van der Waals surface area (Å²) >= 11 is 1.70. The molecule has 0 aromatic heterocycles. The molecule has 1 fully saturated rings. The quantitative estimate of drug-likeness (QED) is 0.278. The van der Waals surface area contributed by atoms with Crippen LogP contribution >= 0.6 is 11.8 Å². The van der Waals surface area contributed by atoms with Crippen LogP contribution in [0.1, 0.15) is 65.2 Å². The topological polar surface area (TPSA) is 79.1 Å². The molecule has 5 nitrogen and oxygen atoms in total. The van der Waals surface area contributed by atoms with E-state index in [-0.39, 0.29) is 17.8 Å². The maximum absolute atomic E-state index is 11.5. The van der Waals surface area contributed by atoms with Gasteiger partial charge < -0.3 is 14.9 Å². The van der Waals surface area contributed by atoms with Gasteiger partial charge >= 0.3 is 5.97 Å². The summed E-state index contributed by atoms with van der Waals surface area (Å²) in [4.78, 5) is 16.4. The van der Waals surface area contributed by atoms with Crippen molar-refractivity contribution in [1.82, 2.24) is 0 Å². The molecule has 4 unspecified atom stereocenters. The molecule has 0 aromatic rings. The molecule has 2 N–H and O–H groups in total. The highest BCUT2D eigenvalue weighted by Gasteiger charge is 2.54. The number of hydrogen-bond acceptors (Lipinski definition) is 6. The molecule has 2 rings (SSSR count). The Morgan fingerprint density at radius 2 is 2.21 bits per heavy atom. The Kier molecular flexibility index (Phi) is 9.93. The van der Waals surface area contributed by atoms with Gasteiger partial charge in [0.25, 0.3) is 0 Å². The minimum absolute atomic E-state index is 0.0183. The van der Waals surface area contributed by atoms with Crippen molar-refractivity contribution in [3.8, 4) is 0 Å². The third-order valence-electron chi connectivity index (χ3n) is 5.93. The van der Waals surface area contributed by atoms with Crippen LogP contribution < -0.4 is 0 Å². The fourth-order valence-corrected chi connectivity index (χ4v) is 5.42. The van der Waals surface area contributed by atoms with Crippen molar-refractivity contribution >= 4 is 22.8 Å². The smallest absolute Gasteiger partial charge is 0.305 e. The molecule has 164 valence electrons. The number of hydrogen-bond donors (Lipinski definition) is 2. The summed E-state index contributed by atoms with van der Waals surface area (Å²) < 4.78 is 4.96. The number of aliphatic hydroxyl groups is 2. The second-order valence-corrected chi connectivity index (χ2v) is 9.23. The molecule has 0 bridgehead atoms. The number of unbranched alkanes of at least 4 members (excludes halogenated alkanes) is 2. The summed E-state index contributed by atoms with van der Waals surface area (Å²) in [5.74, 6) is 0.847. The maximum Gasteiger partial charge on any atom is 0.305 e. The molecule has 29 heavy (non-hydrogen) atoms. The summed E-state index contributed by atoms with van der Waals surface area (Å²) in [6, 6.07) is 0. The molecule has 0 saturated heterocycles. The van der Waals surface area contributed by atoms with Crippen molar-refractivity contribution in [2.45, 2.75) is 83.0 Å². The summed E-state index contributed by atoms with van der Waals surface area (Å²) in [7, 11) is 0. The van der Waals surface area contributed by atoms with E-state index in [1.807, 2.05) is 25.2 Å². The van der Waals surface area contributed by atoms with Crippen LogP contribution in [0.2, 0.25) is 0 Å². The van der Waals surface area contributed by atoms with Gasteiger partial charge in [-0.1, -0.05) is 44.4 Å². The van der Waals surface area contributed by atoms with Crippen molar-refractivity contribution in [2.75, 3.05) is 12.4 Å². The van der Waals surface area contributed by atoms with Gasteiger partial charge in [0.15, 0.2) is 0 Å². The number of carbonyl (C=O) groups excluding carboxylic acids is 1. The second-order valence-electron chi connectivity index (χ2n) is 8.07. The molecular formula is C23H37NO4S. The molecule has 0 aromatic carbocycles. The number of rotatable bonds is 12. The Balaban J connectivity index is 1.90. The zero-order valence-electron chi connectivity index (χ0n) is 17.9. The first-order valence-electron chi connectivity index (χ1n) is 11.0. The number of aliphatic hydroxyl groups excluding tert-OH is 2. The number of fused-ring (bicyclic) bond motifs is 1. The van der Waals surface area contributed by atoms with Crippen LogP contribution in [0, 0.1) is 11.8 Å². The molecule has 0 radical (unpaired) electrons. The molecule has 1 heterocycles. The third-order valence-corrected chi connectivity index (χ3v) is 7.01. The molecule has 1 aliphatic heterocycles. The van der Waals surface area contributed by atoms with Gasteiger partial charge in [-0.05, 0) is 25.5 Å². The van der Waals surface area contributed by atoms with Gasteiger partial charge in [0.2, 0.25) is 0 Å². The highest BCUT2D eigenvalue weighted by Crippen LogP contribution is 2.51. The van der Waals surface area contributed by atoms with Crippen LogP contribution in [0.15, 0.2) is 29.8 Å². The fraction of sp³-hybridized carbons (Fsp3) is 0.739. The van der Waals surface area contributed by atoms with Crippen LogP contribution in [-0.4, -0.2) is 51.3 Å². The molecule has 6 heteroatoms. The number of aliphatic imine (C=N–C) groups is 1. The lowest BCUT2D eigenvalue weighted by molar-refractivity contribution is -0.143. The Labute approximate surface area is 179 Å². The average molecular weight is 424 g/mol. The van der Waals surface area contributed by atoms with E-state index in [0.29, 0.717) is 19.4 Å². The monoisotopic (exact) mass is 423 g/mol. The molecule has 5 atom stereocenters. The predicted molar refractivity (Wildman–Crippen MR) is 120 cm³/mol. The van der Waals surface area contributed by atoms with E-state index in [4.69, 9.17) is 9.73 Å². The number of carbonyl (C=O) groups is 1. The van der Waals surface area contributed by atoms with E-state index in [1.165, 1.54) is 0 Å². The van der Waals surface area contributed by atoms with Gasteiger partial charge in [-0.15, -0.1) is 18.3 Å². The highest BCUT2D eigenvalue weighted by molar-refractivity contribution is 8.13. The van der Waals surface area contributed by atoms with Gasteiger partial charge in [0, 0.05) is 31.1 Å². The summed E-state index contributed by atoms with van der Waals surface area (Å²) in [6.45, 7) is 8.39. The Morgan fingerprint density at radius 3 is 2.90 bits per heavy atom. The molecule has 1 aliphatic carbocycles. The number of nitrogens with zero attached hydrogens (tertiary/aromatic N) is 1. The van der Waals surface area contributed by atoms with Gasteiger partial charge in [-0.3, -0.25) is 9.79 Å². The third kappa shape index (κ3) is 6.69. The largest absolute Gasteiger partial charge is 0.466 e. The Morgan fingerprint density at radius 1 is 1.41 bits per heavy atom. The van der Waals surface area contributed by atoms with Gasteiger partial charge in [-0.2, -0.15) is 0 Å². The Hall–Kier alpha value is -1.11. The van der Waals surface area contributed by atoms with Crippen LogP contribution in [0.3, 0.4) is 0 Å². The van der Waals surface area contributed by atoms with E-state index in [9.17, 15) is 15.0 Å². The zero-order chi connectivity index (χ0) is 21.3. The fourth-order valence-electron chi connectivity index (χ4n) is 4.36. The first-order chi connectivity index (χ1) is 14.0. The highest BCUT2D eigenvalue weighted by atomic mass is 32.2. The van der Waals surface area contributed by atoms with Crippen molar-refractivity contribution in [3.63, 3.8) is 0 Å². The van der Waals surface area contributed by atoms with Crippen LogP contribution in [-0.2, 0) is 9.53 Å². The van der Waals surface area contributed by atoms with Crippen LogP contribution in [0.4, 0.5) is 0 Å². The average Bonchev–Trinajstić information content (AvgIpc) is 3.16. The van der Waals surface area contributed by atoms with Crippen molar-refractivity contribution in [3.05, 3.63) is 24.8 Å². The first kappa shape index (κ1) is 24.2. The SMILES string of the molecule is C=CC12CC(O)C(C=C[C@@H](O)CCCCC)C1CC(SCCCC(=O)OCC)=N2. The minimum atomic E-state index is -0.462.